The van der Waals surface area contributed by atoms with Gasteiger partial charge in [0.2, 0.25) is 0 Å². The van der Waals surface area contributed by atoms with Crippen molar-refractivity contribution in [1.82, 2.24) is 0 Å². The fraction of sp³-hybridized carbons (Fsp3) is 0.0909. The van der Waals surface area contributed by atoms with E-state index in [9.17, 15) is 25.5 Å². The number of phenols is 6. The molecule has 0 saturated heterocycles. The van der Waals surface area contributed by atoms with E-state index in [1.54, 1.807) is 36.4 Å². The molecule has 0 fully saturated rings. The highest BCUT2D eigenvalue weighted by molar-refractivity contribution is 5.94. The summed E-state index contributed by atoms with van der Waals surface area (Å²) in [6.45, 7) is 4.36. The SMILES string of the molecule is CCCC.CO.CO.Oc1ccc2ccccc2c1.Oc1ccc2ccccc2c1Cc1c(O)ccc2ccccc12.Oc1ccc2ccccc2c1Cc1ccc2ccccc2c1O.Oc1cccc2ccccc12.c1ccc2ccccc2c1.c1ccc2ccccc2c1. The van der Waals surface area contributed by atoms with E-state index < -0.39 is 0 Å². The summed E-state index contributed by atoms with van der Waals surface area (Å²) in [5.41, 5.74) is 3.34. The van der Waals surface area contributed by atoms with Gasteiger partial charge in [-0.25, -0.2) is 0 Å². The Labute approximate surface area is 562 Å². The Balaban J connectivity index is 0.000000149. The Bertz CT molecular complexity index is 4780. The average molecular weight is 1270 g/mol. The molecule has 0 aliphatic rings. The Kier molecular flexibility index (Phi) is 26.7. The number of hydrogen-bond donors (Lipinski definition) is 8. The molecule has 0 aliphatic heterocycles. The molecule has 0 heterocycles. The number of phenolic OH excluding ortho intramolecular Hbond substituents is 6. The molecule has 0 aliphatic carbocycles. The van der Waals surface area contributed by atoms with Crippen molar-refractivity contribution < 1.29 is 40.9 Å². The third kappa shape index (κ3) is 18.8. The largest absolute Gasteiger partial charge is 0.508 e. The lowest BCUT2D eigenvalue weighted by atomic mass is 9.94. The fourth-order valence-electron chi connectivity index (χ4n) is 11.0. The number of rotatable bonds is 5. The van der Waals surface area contributed by atoms with Crippen molar-refractivity contribution in [2.24, 2.45) is 0 Å². The molecular formula is C88H82O8. The van der Waals surface area contributed by atoms with Crippen molar-refractivity contribution in [2.45, 2.75) is 39.5 Å². The first kappa shape index (κ1) is 70.2. The van der Waals surface area contributed by atoms with Crippen LogP contribution in [0.5, 0.6) is 34.5 Å². The highest BCUT2D eigenvalue weighted by Crippen LogP contribution is 2.37. The summed E-state index contributed by atoms with van der Waals surface area (Å²) < 4.78 is 0. The van der Waals surface area contributed by atoms with Gasteiger partial charge in [-0.1, -0.05) is 318 Å². The standard InChI is InChI=1S/2C21H16O2.2C10H8O.2C10H8.C4H10.2CH4O/c22-20-11-9-14-5-1-3-7-16(14)18(20)13-19-17-8-4-2-6-15(17)10-12-21(19)23;22-20-12-11-14-5-1-3-7-17(14)19(20)13-16-10-9-15-6-2-4-8-18(15)21(16)23;11-10-7-3-5-8-4-1-2-6-9(8)10;11-10-6-5-8-3-1-2-4-9(8)7-10;2*1-2-6-10-8-4-3-7-9(10)5-1;1-3-4-2;2*1-2/h2*1-12,22-23H,13H2;2*1-7,11H;2*1-8H;3-4H2,1-2H3;2*2H,1H3. The molecule has 0 aromatic heterocycles. The lowest BCUT2D eigenvalue weighted by molar-refractivity contribution is 0.399. The minimum absolute atomic E-state index is 0.260. The number of aliphatic hydroxyl groups is 2. The van der Waals surface area contributed by atoms with Crippen LogP contribution in [0.25, 0.3) is 86.2 Å². The summed E-state index contributed by atoms with van der Waals surface area (Å²) >= 11 is 0. The molecule has 0 spiro atoms. The van der Waals surface area contributed by atoms with E-state index in [1.807, 2.05) is 194 Å². The lowest BCUT2D eigenvalue weighted by Crippen LogP contribution is -1.93. The fourth-order valence-corrected chi connectivity index (χ4v) is 11.0. The molecule has 0 unspecified atom stereocenters. The Hall–Kier alpha value is -11.7. The number of unbranched alkanes of at least 4 members (excludes halogenated alkanes) is 1. The van der Waals surface area contributed by atoms with Gasteiger partial charge in [0.05, 0.1) is 0 Å². The van der Waals surface area contributed by atoms with E-state index in [1.165, 1.54) is 34.4 Å². The van der Waals surface area contributed by atoms with E-state index in [4.69, 9.17) is 15.3 Å². The zero-order valence-electron chi connectivity index (χ0n) is 54.6. The van der Waals surface area contributed by atoms with Crippen molar-refractivity contribution in [1.29, 1.82) is 0 Å². The summed E-state index contributed by atoms with van der Waals surface area (Å²) in [5.74, 6) is 1.74. The third-order valence-electron chi connectivity index (χ3n) is 16.1. The molecule has 8 heteroatoms. The first-order valence-corrected chi connectivity index (χ1v) is 32.0. The van der Waals surface area contributed by atoms with Crippen LogP contribution in [0.3, 0.4) is 0 Å². The Morgan fingerprint density at radius 2 is 0.469 bits per heavy atom. The van der Waals surface area contributed by atoms with Crippen LogP contribution >= 0.6 is 0 Å². The van der Waals surface area contributed by atoms with Crippen LogP contribution in [0.1, 0.15) is 48.9 Å². The first-order chi connectivity index (χ1) is 47.1. The molecule has 0 saturated carbocycles. The van der Waals surface area contributed by atoms with Gasteiger partial charge in [-0.2, -0.15) is 0 Å². The average Bonchev–Trinajstić information content (AvgIpc) is 0.813. The molecule has 482 valence electrons. The highest BCUT2D eigenvalue weighted by Gasteiger charge is 2.15. The first-order valence-electron chi connectivity index (χ1n) is 32.0. The Morgan fingerprint density at radius 1 is 0.208 bits per heavy atom. The van der Waals surface area contributed by atoms with E-state index in [0.29, 0.717) is 24.3 Å². The van der Waals surface area contributed by atoms with Crippen molar-refractivity contribution in [3.63, 3.8) is 0 Å². The molecule has 0 bridgehead atoms. The molecular weight excluding hydrogens is 1180 g/mol. The van der Waals surface area contributed by atoms with Crippen molar-refractivity contribution in [2.75, 3.05) is 14.2 Å². The van der Waals surface area contributed by atoms with Crippen molar-refractivity contribution >= 4 is 86.2 Å². The maximum atomic E-state index is 10.6. The van der Waals surface area contributed by atoms with Crippen LogP contribution in [0, 0.1) is 0 Å². The van der Waals surface area contributed by atoms with Crippen LogP contribution in [-0.2, 0) is 12.8 Å². The van der Waals surface area contributed by atoms with E-state index >= 15 is 0 Å². The maximum absolute atomic E-state index is 10.6. The van der Waals surface area contributed by atoms with Crippen LogP contribution in [0.2, 0.25) is 0 Å². The predicted molar refractivity (Wildman–Crippen MR) is 404 cm³/mol. The Morgan fingerprint density at radius 3 is 0.833 bits per heavy atom. The van der Waals surface area contributed by atoms with Crippen LogP contribution in [0.4, 0.5) is 0 Å². The minimum Gasteiger partial charge on any atom is -0.508 e. The monoisotopic (exact) mass is 1270 g/mol. The van der Waals surface area contributed by atoms with Gasteiger partial charge in [0, 0.05) is 54.5 Å². The maximum Gasteiger partial charge on any atom is 0.126 e. The topological polar surface area (TPSA) is 162 Å². The zero-order valence-corrected chi connectivity index (χ0v) is 54.6. The quantitative estimate of drug-likeness (QED) is 0.0845. The van der Waals surface area contributed by atoms with Gasteiger partial charge in [0.25, 0.3) is 0 Å². The second-order valence-electron chi connectivity index (χ2n) is 22.2. The summed E-state index contributed by atoms with van der Waals surface area (Å²) in [6.07, 6.45) is 3.62. The second-order valence-corrected chi connectivity index (χ2v) is 22.2. The van der Waals surface area contributed by atoms with Gasteiger partial charge >= 0.3 is 0 Å². The molecule has 0 radical (unpaired) electrons. The molecule has 8 nitrogen and oxygen atoms in total. The normalized spacial score (nSPS) is 10.2. The third-order valence-corrected chi connectivity index (χ3v) is 16.1. The summed E-state index contributed by atoms with van der Waals surface area (Å²) in [6, 6.07) is 107. The number of aliphatic hydroxyl groups excluding tert-OH is 2. The molecule has 0 atom stereocenters. The van der Waals surface area contributed by atoms with Gasteiger partial charge < -0.3 is 40.9 Å². The van der Waals surface area contributed by atoms with E-state index in [2.05, 4.69) is 111 Å². The molecule has 96 heavy (non-hydrogen) atoms. The second kappa shape index (κ2) is 36.5. The van der Waals surface area contributed by atoms with Gasteiger partial charge in [-0.05, 0) is 117 Å². The summed E-state index contributed by atoms with van der Waals surface area (Å²) in [5, 5.41) is 91.7. The lowest BCUT2D eigenvalue weighted by Gasteiger charge is -2.13. The minimum atomic E-state index is 0.260. The van der Waals surface area contributed by atoms with Gasteiger partial charge in [-0.3, -0.25) is 0 Å². The zero-order chi connectivity index (χ0) is 68.0. The van der Waals surface area contributed by atoms with Gasteiger partial charge in [0.1, 0.15) is 34.5 Å². The number of aromatic hydroxyl groups is 6. The molecule has 16 rings (SSSR count). The van der Waals surface area contributed by atoms with Gasteiger partial charge in [-0.15, -0.1) is 0 Å². The smallest absolute Gasteiger partial charge is 0.126 e. The summed E-state index contributed by atoms with van der Waals surface area (Å²) in [4.78, 5) is 0. The van der Waals surface area contributed by atoms with Crippen LogP contribution in [0.15, 0.2) is 328 Å². The number of hydrogen-bond acceptors (Lipinski definition) is 8. The van der Waals surface area contributed by atoms with E-state index in [-0.39, 0.29) is 23.0 Å². The summed E-state index contributed by atoms with van der Waals surface area (Å²) in [7, 11) is 2.00. The highest BCUT2D eigenvalue weighted by atomic mass is 16.3. The van der Waals surface area contributed by atoms with Crippen molar-refractivity contribution in [3.8, 4) is 34.5 Å². The molecule has 8 N–H and O–H groups in total. The van der Waals surface area contributed by atoms with Crippen LogP contribution in [-0.4, -0.2) is 55.1 Å². The number of fused-ring (bicyclic) bond motifs is 8. The number of benzene rings is 16. The van der Waals surface area contributed by atoms with Crippen molar-refractivity contribution in [3.05, 3.63) is 350 Å². The molecule has 16 aromatic carbocycles. The van der Waals surface area contributed by atoms with Crippen LogP contribution < -0.4 is 0 Å². The van der Waals surface area contributed by atoms with E-state index in [0.717, 1.165) is 101 Å². The predicted octanol–water partition coefficient (Wildman–Crippen LogP) is 21.8. The molecule has 16 aromatic rings. The van der Waals surface area contributed by atoms with Gasteiger partial charge in [0.15, 0.2) is 0 Å². The molecule has 0 amide bonds.